The van der Waals surface area contributed by atoms with Gasteiger partial charge < -0.3 is 4.90 Å². The molecule has 0 N–H and O–H groups in total. The monoisotopic (exact) mass is 301 g/mol. The van der Waals surface area contributed by atoms with Gasteiger partial charge in [0, 0.05) is 24.0 Å². The van der Waals surface area contributed by atoms with E-state index in [0.717, 1.165) is 37.8 Å². The number of hydrogen-bond acceptors (Lipinski definition) is 1. The zero-order chi connectivity index (χ0) is 14.5. The van der Waals surface area contributed by atoms with Crippen molar-refractivity contribution in [1.82, 2.24) is 4.90 Å². The molecule has 20 heavy (non-hydrogen) atoms. The Morgan fingerprint density at radius 1 is 1.20 bits per heavy atom. The van der Waals surface area contributed by atoms with Crippen LogP contribution in [0.5, 0.6) is 0 Å². The molecule has 0 atom stereocenters. The van der Waals surface area contributed by atoms with E-state index in [0.29, 0.717) is 12.4 Å². The minimum atomic E-state index is -0.995. The lowest BCUT2D eigenvalue weighted by Crippen LogP contribution is -2.42. The van der Waals surface area contributed by atoms with Crippen molar-refractivity contribution in [3.63, 3.8) is 0 Å². The molecule has 1 aliphatic rings. The lowest BCUT2D eigenvalue weighted by Gasteiger charge is -2.34. The summed E-state index contributed by atoms with van der Waals surface area (Å²) in [7, 11) is 0. The maximum atomic E-state index is 13.3. The van der Waals surface area contributed by atoms with Crippen LogP contribution < -0.4 is 0 Å². The molecule has 0 unspecified atom stereocenters. The van der Waals surface area contributed by atoms with Crippen LogP contribution in [0.3, 0.4) is 0 Å². The van der Waals surface area contributed by atoms with Gasteiger partial charge in [-0.15, -0.1) is 11.6 Å². The molecule has 0 spiro atoms. The topological polar surface area (TPSA) is 20.3 Å². The predicted octanol–water partition coefficient (Wildman–Crippen LogP) is 3.98. The van der Waals surface area contributed by atoms with Gasteiger partial charge in [0.25, 0.3) is 5.91 Å². The quantitative estimate of drug-likeness (QED) is 0.770. The van der Waals surface area contributed by atoms with E-state index in [9.17, 15) is 13.6 Å². The summed E-state index contributed by atoms with van der Waals surface area (Å²) >= 11 is 5.78. The average Bonchev–Trinajstić information content (AvgIpc) is 2.48. The molecular weight excluding hydrogens is 284 g/mol. The Bertz CT molecular complexity index is 475. The van der Waals surface area contributed by atoms with E-state index >= 15 is 0 Å². The number of amides is 1. The average molecular weight is 302 g/mol. The second-order valence-corrected chi connectivity index (χ2v) is 5.49. The van der Waals surface area contributed by atoms with E-state index in [2.05, 4.69) is 0 Å². The number of alkyl halides is 1. The first-order chi connectivity index (χ1) is 9.63. The Hall–Kier alpha value is -1.16. The molecule has 110 valence electrons. The molecule has 0 aliphatic heterocycles. The first-order valence-corrected chi connectivity index (χ1v) is 7.49. The highest BCUT2D eigenvalue weighted by atomic mass is 35.5. The molecular formula is C15H18ClF2NO. The smallest absolute Gasteiger partial charge is 0.254 e. The number of carbonyl (C=O) groups excluding carboxylic acids is 1. The molecule has 0 saturated heterocycles. The molecule has 0 heterocycles. The normalized spacial score (nSPS) is 16.1. The van der Waals surface area contributed by atoms with Crippen molar-refractivity contribution in [3.05, 3.63) is 35.4 Å². The van der Waals surface area contributed by atoms with Gasteiger partial charge in [-0.1, -0.05) is 19.3 Å². The zero-order valence-corrected chi connectivity index (χ0v) is 12.0. The van der Waals surface area contributed by atoms with Crippen LogP contribution in [-0.4, -0.2) is 29.3 Å². The maximum Gasteiger partial charge on any atom is 0.254 e. The zero-order valence-electron chi connectivity index (χ0n) is 11.2. The van der Waals surface area contributed by atoms with Crippen molar-refractivity contribution in [2.75, 3.05) is 12.4 Å². The van der Waals surface area contributed by atoms with Crippen LogP contribution in [0.2, 0.25) is 0 Å². The Kier molecular flexibility index (Phi) is 5.35. The van der Waals surface area contributed by atoms with Crippen LogP contribution >= 0.6 is 11.6 Å². The maximum absolute atomic E-state index is 13.3. The lowest BCUT2D eigenvalue weighted by molar-refractivity contribution is 0.0649. The van der Waals surface area contributed by atoms with Gasteiger partial charge in [-0.25, -0.2) is 8.78 Å². The van der Waals surface area contributed by atoms with Gasteiger partial charge >= 0.3 is 0 Å². The predicted molar refractivity (Wildman–Crippen MR) is 75.0 cm³/mol. The standard InChI is InChI=1S/C15H18ClF2NO/c16-8-9-19(12-4-2-1-3-5-12)15(20)11-6-7-13(17)14(18)10-11/h6-7,10,12H,1-5,8-9H2. The Morgan fingerprint density at radius 3 is 2.50 bits per heavy atom. The van der Waals surface area contributed by atoms with Crippen molar-refractivity contribution < 1.29 is 13.6 Å². The molecule has 1 saturated carbocycles. The molecule has 1 aliphatic carbocycles. The van der Waals surface area contributed by atoms with Crippen LogP contribution in [-0.2, 0) is 0 Å². The fourth-order valence-corrected chi connectivity index (χ4v) is 2.91. The first kappa shape index (κ1) is 15.2. The summed E-state index contributed by atoms with van der Waals surface area (Å²) in [5, 5.41) is 0. The highest BCUT2D eigenvalue weighted by Gasteiger charge is 2.26. The minimum Gasteiger partial charge on any atom is -0.334 e. The van der Waals surface area contributed by atoms with E-state index in [1.54, 1.807) is 4.90 Å². The Balaban J connectivity index is 2.18. The molecule has 1 amide bonds. The summed E-state index contributed by atoms with van der Waals surface area (Å²) in [6.45, 7) is 0.435. The Morgan fingerprint density at radius 2 is 1.90 bits per heavy atom. The molecule has 1 aromatic carbocycles. The van der Waals surface area contributed by atoms with Gasteiger partial charge in [0.15, 0.2) is 11.6 Å². The van der Waals surface area contributed by atoms with E-state index in [1.807, 2.05) is 0 Å². The third kappa shape index (κ3) is 3.48. The van der Waals surface area contributed by atoms with E-state index < -0.39 is 11.6 Å². The summed E-state index contributed by atoms with van der Waals surface area (Å²) in [6.07, 6.45) is 5.27. The number of nitrogens with zero attached hydrogens (tertiary/aromatic N) is 1. The van der Waals surface area contributed by atoms with Gasteiger partial charge in [-0.3, -0.25) is 4.79 Å². The summed E-state index contributed by atoms with van der Waals surface area (Å²) in [4.78, 5) is 14.2. The molecule has 2 nitrogen and oxygen atoms in total. The molecule has 2 rings (SSSR count). The van der Waals surface area contributed by atoms with Crippen LogP contribution in [0.25, 0.3) is 0 Å². The summed E-state index contributed by atoms with van der Waals surface area (Å²) < 4.78 is 26.2. The third-order valence-corrected chi connectivity index (χ3v) is 3.94. The fraction of sp³-hybridized carbons (Fsp3) is 0.533. The SMILES string of the molecule is O=C(c1ccc(F)c(F)c1)N(CCCl)C1CCCCC1. The minimum absolute atomic E-state index is 0.156. The molecule has 0 radical (unpaired) electrons. The molecule has 5 heteroatoms. The molecule has 1 aromatic rings. The van der Waals surface area contributed by atoms with Gasteiger partial charge in [-0.05, 0) is 31.0 Å². The van der Waals surface area contributed by atoms with Gasteiger partial charge in [-0.2, -0.15) is 0 Å². The third-order valence-electron chi connectivity index (χ3n) is 3.77. The summed E-state index contributed by atoms with van der Waals surface area (Å²) in [5.41, 5.74) is 0.180. The van der Waals surface area contributed by atoms with Crippen LogP contribution in [0.15, 0.2) is 18.2 Å². The summed E-state index contributed by atoms with van der Waals surface area (Å²) in [6, 6.07) is 3.43. The number of halogens is 3. The largest absolute Gasteiger partial charge is 0.334 e. The van der Waals surface area contributed by atoms with Crippen molar-refractivity contribution in [1.29, 1.82) is 0 Å². The van der Waals surface area contributed by atoms with Gasteiger partial charge in [0.05, 0.1) is 0 Å². The van der Waals surface area contributed by atoms with Crippen molar-refractivity contribution in [2.24, 2.45) is 0 Å². The fourth-order valence-electron chi connectivity index (χ4n) is 2.73. The van der Waals surface area contributed by atoms with E-state index in [-0.39, 0.29) is 17.5 Å². The van der Waals surface area contributed by atoms with Crippen molar-refractivity contribution >= 4 is 17.5 Å². The number of carbonyl (C=O) groups is 1. The second kappa shape index (κ2) is 7.02. The molecule has 0 bridgehead atoms. The number of hydrogen-bond donors (Lipinski definition) is 0. The lowest BCUT2D eigenvalue weighted by atomic mass is 9.93. The molecule has 0 aromatic heterocycles. The van der Waals surface area contributed by atoms with E-state index in [1.165, 1.54) is 12.5 Å². The second-order valence-electron chi connectivity index (χ2n) is 5.11. The van der Waals surface area contributed by atoms with Crippen LogP contribution in [0, 0.1) is 11.6 Å². The highest BCUT2D eigenvalue weighted by molar-refractivity contribution is 6.18. The van der Waals surface area contributed by atoms with Crippen LogP contribution in [0.4, 0.5) is 8.78 Å². The van der Waals surface area contributed by atoms with Crippen LogP contribution in [0.1, 0.15) is 42.5 Å². The number of rotatable bonds is 4. The van der Waals surface area contributed by atoms with Gasteiger partial charge in [0.1, 0.15) is 0 Å². The van der Waals surface area contributed by atoms with Crippen molar-refractivity contribution in [3.8, 4) is 0 Å². The summed E-state index contributed by atoms with van der Waals surface area (Å²) in [5.74, 6) is -1.86. The number of benzene rings is 1. The van der Waals surface area contributed by atoms with E-state index in [4.69, 9.17) is 11.6 Å². The Labute approximate surface area is 122 Å². The first-order valence-electron chi connectivity index (χ1n) is 6.95. The highest BCUT2D eigenvalue weighted by Crippen LogP contribution is 2.24. The van der Waals surface area contributed by atoms with Gasteiger partial charge in [0.2, 0.25) is 0 Å². The van der Waals surface area contributed by atoms with Crippen molar-refractivity contribution in [2.45, 2.75) is 38.1 Å². The molecule has 1 fully saturated rings.